The molecule has 0 aromatic heterocycles. The van der Waals surface area contributed by atoms with Gasteiger partial charge in [-0.1, -0.05) is 77.9 Å². The van der Waals surface area contributed by atoms with Crippen molar-refractivity contribution >= 4 is 12.1 Å². The quantitative estimate of drug-likeness (QED) is 0.474. The van der Waals surface area contributed by atoms with Gasteiger partial charge in [0, 0.05) is 5.92 Å². The average molecular weight is 458 g/mol. The van der Waals surface area contributed by atoms with Crippen LogP contribution >= 0.6 is 0 Å². The predicted octanol–water partition coefficient (Wildman–Crippen LogP) is 6.05. The van der Waals surface area contributed by atoms with Gasteiger partial charge in [-0.25, -0.2) is 9.59 Å². The molecule has 0 radical (unpaired) electrons. The molecule has 5 heteroatoms. The lowest BCUT2D eigenvalue weighted by atomic mass is 9.89. The van der Waals surface area contributed by atoms with Gasteiger partial charge in [-0.05, 0) is 62.4 Å². The van der Waals surface area contributed by atoms with Crippen LogP contribution in [0.3, 0.4) is 0 Å². The van der Waals surface area contributed by atoms with Gasteiger partial charge < -0.3 is 14.8 Å². The summed E-state index contributed by atoms with van der Waals surface area (Å²) in [4.78, 5) is 26.3. The summed E-state index contributed by atoms with van der Waals surface area (Å²) in [6, 6.07) is 21.1. The molecular formula is C29H31NO4. The number of aryl methyl sites for hydroxylation is 2. The fourth-order valence-corrected chi connectivity index (χ4v) is 4.66. The van der Waals surface area contributed by atoms with Crippen molar-refractivity contribution in [1.82, 2.24) is 5.32 Å². The summed E-state index contributed by atoms with van der Waals surface area (Å²) in [5, 5.41) is 2.82. The average Bonchev–Trinajstić information content (AvgIpc) is 3.08. The Balaban J connectivity index is 1.67. The number of ether oxygens (including phenoxy) is 2. The van der Waals surface area contributed by atoms with E-state index in [0.717, 1.165) is 38.9 Å². The van der Waals surface area contributed by atoms with Gasteiger partial charge in [0.25, 0.3) is 0 Å². The van der Waals surface area contributed by atoms with Crippen molar-refractivity contribution in [3.63, 3.8) is 0 Å². The summed E-state index contributed by atoms with van der Waals surface area (Å²) >= 11 is 0. The third-order valence-electron chi connectivity index (χ3n) is 5.80. The molecule has 5 nitrogen and oxygen atoms in total. The van der Waals surface area contributed by atoms with Crippen LogP contribution in [-0.2, 0) is 20.9 Å². The van der Waals surface area contributed by atoms with E-state index < -0.39 is 23.7 Å². The van der Waals surface area contributed by atoms with Gasteiger partial charge in [-0.2, -0.15) is 0 Å². The number of carbonyl (C=O) groups excluding carboxylic acids is 2. The molecule has 1 aliphatic rings. The van der Waals surface area contributed by atoms with Crippen molar-refractivity contribution in [2.45, 2.75) is 58.8 Å². The van der Waals surface area contributed by atoms with E-state index in [1.165, 1.54) is 0 Å². The second-order valence-electron chi connectivity index (χ2n) is 9.88. The summed E-state index contributed by atoms with van der Waals surface area (Å²) < 4.78 is 11.3. The molecule has 1 atom stereocenters. The third-order valence-corrected chi connectivity index (χ3v) is 5.80. The number of esters is 1. The highest BCUT2D eigenvalue weighted by Gasteiger charge is 2.40. The molecule has 34 heavy (non-hydrogen) atoms. The number of benzene rings is 3. The molecule has 1 amide bonds. The Bertz CT molecular complexity index is 1160. The first-order valence-electron chi connectivity index (χ1n) is 11.5. The smallest absolute Gasteiger partial charge is 0.408 e. The molecule has 3 aromatic rings. The Kier molecular flexibility index (Phi) is 6.47. The Labute approximate surface area is 201 Å². The highest BCUT2D eigenvalue weighted by Crippen LogP contribution is 2.46. The van der Waals surface area contributed by atoms with Crippen LogP contribution in [0.5, 0.6) is 0 Å². The maximum atomic E-state index is 13.5. The topological polar surface area (TPSA) is 64.6 Å². The van der Waals surface area contributed by atoms with E-state index >= 15 is 0 Å². The van der Waals surface area contributed by atoms with Crippen LogP contribution in [0.1, 0.15) is 54.5 Å². The molecule has 0 saturated heterocycles. The molecule has 1 aliphatic carbocycles. The number of carbonyl (C=O) groups is 2. The van der Waals surface area contributed by atoms with Crippen molar-refractivity contribution in [3.8, 4) is 11.1 Å². The van der Waals surface area contributed by atoms with Crippen LogP contribution in [0.25, 0.3) is 11.1 Å². The van der Waals surface area contributed by atoms with Gasteiger partial charge in [0.2, 0.25) is 0 Å². The van der Waals surface area contributed by atoms with Crippen LogP contribution in [0.2, 0.25) is 0 Å². The summed E-state index contributed by atoms with van der Waals surface area (Å²) in [5.41, 5.74) is 6.50. The van der Waals surface area contributed by atoms with Crippen LogP contribution < -0.4 is 5.32 Å². The molecular weight excluding hydrogens is 426 g/mol. The predicted molar refractivity (Wildman–Crippen MR) is 133 cm³/mol. The molecule has 0 spiro atoms. The lowest BCUT2D eigenvalue weighted by Crippen LogP contribution is -2.47. The van der Waals surface area contributed by atoms with Crippen LogP contribution in [-0.4, -0.2) is 23.7 Å². The van der Waals surface area contributed by atoms with Crippen LogP contribution in [0.4, 0.5) is 4.79 Å². The maximum Gasteiger partial charge on any atom is 0.408 e. The van der Waals surface area contributed by atoms with Gasteiger partial charge in [0.1, 0.15) is 18.2 Å². The highest BCUT2D eigenvalue weighted by molar-refractivity contribution is 5.88. The number of amides is 1. The van der Waals surface area contributed by atoms with E-state index in [2.05, 4.69) is 11.4 Å². The fraction of sp³-hybridized carbons (Fsp3) is 0.310. The number of hydrogen-bond acceptors (Lipinski definition) is 4. The Morgan fingerprint density at radius 3 is 1.94 bits per heavy atom. The highest BCUT2D eigenvalue weighted by atomic mass is 16.6. The first kappa shape index (κ1) is 23.6. The molecule has 3 aromatic carbocycles. The molecule has 0 fully saturated rings. The van der Waals surface area contributed by atoms with Crippen molar-refractivity contribution < 1.29 is 19.1 Å². The van der Waals surface area contributed by atoms with E-state index in [-0.39, 0.29) is 12.5 Å². The molecule has 0 heterocycles. The number of alkyl carbamates (subject to hydrolysis) is 1. The SMILES string of the molecule is Cc1cc(C)cc(COC(=O)C(NC(=O)OC(C)(C)C)C2c3ccccc3-c3ccccc32)c1. The van der Waals surface area contributed by atoms with E-state index in [1.54, 1.807) is 20.8 Å². The van der Waals surface area contributed by atoms with E-state index in [0.29, 0.717) is 0 Å². The minimum absolute atomic E-state index is 0.129. The second kappa shape index (κ2) is 9.34. The molecule has 1 N–H and O–H groups in total. The van der Waals surface area contributed by atoms with Crippen LogP contribution in [0, 0.1) is 13.8 Å². The molecule has 0 bridgehead atoms. The summed E-state index contributed by atoms with van der Waals surface area (Å²) in [6.07, 6.45) is -0.650. The Morgan fingerprint density at radius 1 is 0.882 bits per heavy atom. The lowest BCUT2D eigenvalue weighted by molar-refractivity contribution is -0.147. The Morgan fingerprint density at radius 2 is 1.41 bits per heavy atom. The zero-order valence-corrected chi connectivity index (χ0v) is 20.3. The van der Waals surface area contributed by atoms with Gasteiger partial charge >= 0.3 is 12.1 Å². The number of rotatable bonds is 5. The molecule has 0 aliphatic heterocycles. The van der Waals surface area contributed by atoms with Gasteiger partial charge in [-0.3, -0.25) is 0 Å². The van der Waals surface area contributed by atoms with Gasteiger partial charge in [-0.15, -0.1) is 0 Å². The monoisotopic (exact) mass is 457 g/mol. The van der Waals surface area contributed by atoms with Crippen molar-refractivity contribution in [1.29, 1.82) is 0 Å². The Hall–Kier alpha value is -3.60. The zero-order chi connectivity index (χ0) is 24.5. The first-order chi connectivity index (χ1) is 16.1. The van der Waals surface area contributed by atoms with Crippen molar-refractivity contribution in [2.24, 2.45) is 0 Å². The summed E-state index contributed by atoms with van der Waals surface area (Å²) in [6.45, 7) is 9.53. The van der Waals surface area contributed by atoms with E-state index in [9.17, 15) is 9.59 Å². The summed E-state index contributed by atoms with van der Waals surface area (Å²) in [5.74, 6) is -0.881. The molecule has 0 saturated carbocycles. The second-order valence-corrected chi connectivity index (χ2v) is 9.88. The van der Waals surface area contributed by atoms with Crippen molar-refractivity contribution in [2.75, 3.05) is 0 Å². The minimum atomic E-state index is -0.939. The first-order valence-corrected chi connectivity index (χ1v) is 11.5. The largest absolute Gasteiger partial charge is 0.459 e. The van der Waals surface area contributed by atoms with E-state index in [4.69, 9.17) is 9.47 Å². The molecule has 176 valence electrons. The van der Waals surface area contributed by atoms with Crippen LogP contribution in [0.15, 0.2) is 66.7 Å². The minimum Gasteiger partial charge on any atom is -0.459 e. The third kappa shape index (κ3) is 5.14. The lowest BCUT2D eigenvalue weighted by Gasteiger charge is -2.27. The summed E-state index contributed by atoms with van der Waals surface area (Å²) in [7, 11) is 0. The van der Waals surface area contributed by atoms with Gasteiger partial charge in [0.15, 0.2) is 0 Å². The van der Waals surface area contributed by atoms with Gasteiger partial charge in [0.05, 0.1) is 0 Å². The zero-order valence-electron chi connectivity index (χ0n) is 20.3. The maximum absolute atomic E-state index is 13.5. The molecule has 1 unspecified atom stereocenters. The number of fused-ring (bicyclic) bond motifs is 3. The molecule has 4 rings (SSSR count). The standard InChI is InChI=1S/C29H31NO4/c1-18-14-19(2)16-20(15-18)17-33-27(31)26(30-28(32)34-29(3,4)5)25-23-12-8-6-10-21(23)22-11-7-9-13-24(22)25/h6-16,25-26H,17H2,1-5H3,(H,30,32). The number of hydrogen-bond donors (Lipinski definition) is 1. The number of nitrogens with one attached hydrogen (secondary N) is 1. The van der Waals surface area contributed by atoms with Crippen molar-refractivity contribution in [3.05, 3.63) is 94.5 Å². The normalized spacial score (nSPS) is 13.6. The van der Waals surface area contributed by atoms with E-state index in [1.807, 2.05) is 74.5 Å². The fourth-order valence-electron chi connectivity index (χ4n) is 4.66.